The molecular formula is C7H15OP. The maximum atomic E-state index is 11.1. The van der Waals surface area contributed by atoms with Gasteiger partial charge in [-0.05, 0) is 6.42 Å². The minimum absolute atomic E-state index is 0.125. The Labute approximate surface area is 59.4 Å². The molecule has 0 fully saturated rings. The zero-order chi connectivity index (χ0) is 7.44. The Balaban J connectivity index is 3.73. The summed E-state index contributed by atoms with van der Waals surface area (Å²) in [5.74, 6) is 0.583. The van der Waals surface area contributed by atoms with Crippen molar-refractivity contribution in [1.82, 2.24) is 0 Å². The van der Waals surface area contributed by atoms with Crippen molar-refractivity contribution < 1.29 is 4.79 Å². The number of ketones is 1. The van der Waals surface area contributed by atoms with Crippen molar-refractivity contribution in [3.8, 4) is 0 Å². The van der Waals surface area contributed by atoms with Crippen molar-refractivity contribution in [2.75, 3.05) is 0 Å². The fourth-order valence-electron chi connectivity index (χ4n) is 0.650. The first kappa shape index (κ1) is 9.10. The fraction of sp³-hybridized carbons (Fsp3) is 0.857. The van der Waals surface area contributed by atoms with Crippen LogP contribution in [0.1, 0.15) is 27.2 Å². The molecular weight excluding hydrogens is 131 g/mol. The molecule has 54 valence electrons. The highest BCUT2D eigenvalue weighted by Gasteiger charge is 2.13. The summed E-state index contributed by atoms with van der Waals surface area (Å²) >= 11 is 0. The summed E-state index contributed by atoms with van der Waals surface area (Å²) in [5, 5.41) is 0. The summed E-state index contributed by atoms with van der Waals surface area (Å²) in [7, 11) is 2.52. The van der Waals surface area contributed by atoms with Crippen LogP contribution >= 0.6 is 9.24 Å². The molecule has 0 aromatic rings. The lowest BCUT2D eigenvalue weighted by Crippen LogP contribution is -2.17. The fourth-order valence-corrected chi connectivity index (χ4v) is 0.979. The van der Waals surface area contributed by atoms with Crippen LogP contribution < -0.4 is 0 Å². The van der Waals surface area contributed by atoms with Gasteiger partial charge < -0.3 is 0 Å². The molecule has 9 heavy (non-hydrogen) atoms. The minimum atomic E-state index is 0.125. The van der Waals surface area contributed by atoms with Crippen molar-refractivity contribution in [3.63, 3.8) is 0 Å². The monoisotopic (exact) mass is 146 g/mol. The summed E-state index contributed by atoms with van der Waals surface area (Å²) in [6.45, 7) is 5.93. The SMILES string of the molecule is CCC(C)C(=O)C(C)P. The third kappa shape index (κ3) is 2.95. The largest absolute Gasteiger partial charge is 0.299 e. The molecule has 0 aliphatic rings. The molecule has 0 aromatic carbocycles. The maximum Gasteiger partial charge on any atom is 0.142 e. The van der Waals surface area contributed by atoms with E-state index in [0.717, 1.165) is 6.42 Å². The van der Waals surface area contributed by atoms with Crippen molar-refractivity contribution in [2.24, 2.45) is 5.92 Å². The molecule has 3 atom stereocenters. The van der Waals surface area contributed by atoms with Gasteiger partial charge in [0, 0.05) is 11.6 Å². The van der Waals surface area contributed by atoms with Gasteiger partial charge in [0.15, 0.2) is 0 Å². The first-order valence-electron chi connectivity index (χ1n) is 3.38. The smallest absolute Gasteiger partial charge is 0.142 e. The van der Waals surface area contributed by atoms with Crippen LogP contribution in [0.15, 0.2) is 0 Å². The second-order valence-electron chi connectivity index (χ2n) is 2.50. The molecule has 1 nitrogen and oxygen atoms in total. The molecule has 0 saturated carbocycles. The number of carbonyl (C=O) groups excluding carboxylic acids is 1. The Morgan fingerprint density at radius 1 is 1.56 bits per heavy atom. The van der Waals surface area contributed by atoms with Crippen LogP contribution in [-0.2, 0) is 4.79 Å². The van der Waals surface area contributed by atoms with Crippen LogP contribution in [0, 0.1) is 5.92 Å². The summed E-state index contributed by atoms with van der Waals surface area (Å²) in [6.07, 6.45) is 0.956. The second kappa shape index (κ2) is 4.00. The topological polar surface area (TPSA) is 17.1 Å². The van der Waals surface area contributed by atoms with E-state index >= 15 is 0 Å². The van der Waals surface area contributed by atoms with Crippen LogP contribution in [0.3, 0.4) is 0 Å². The quantitative estimate of drug-likeness (QED) is 0.555. The molecule has 0 rings (SSSR count). The van der Waals surface area contributed by atoms with Crippen LogP contribution in [0.2, 0.25) is 0 Å². The second-order valence-corrected chi connectivity index (χ2v) is 3.50. The molecule has 0 amide bonds. The molecule has 0 bridgehead atoms. The molecule has 2 heteroatoms. The minimum Gasteiger partial charge on any atom is -0.299 e. The highest BCUT2D eigenvalue weighted by atomic mass is 31.0. The van der Waals surface area contributed by atoms with Crippen molar-refractivity contribution >= 4 is 15.0 Å². The van der Waals surface area contributed by atoms with E-state index in [-0.39, 0.29) is 11.6 Å². The summed E-state index contributed by atoms with van der Waals surface area (Å²) in [6, 6.07) is 0. The van der Waals surface area contributed by atoms with E-state index in [2.05, 4.69) is 9.24 Å². The standard InChI is InChI=1S/C7H15OP/c1-4-5(2)7(8)6(3)9/h5-6H,4,9H2,1-3H3. The highest BCUT2D eigenvalue weighted by Crippen LogP contribution is 2.10. The van der Waals surface area contributed by atoms with E-state index in [1.165, 1.54) is 0 Å². The first-order chi connectivity index (χ1) is 4.09. The van der Waals surface area contributed by atoms with Gasteiger partial charge in [-0.2, -0.15) is 0 Å². The summed E-state index contributed by atoms with van der Waals surface area (Å²) < 4.78 is 0. The molecule has 0 saturated heterocycles. The normalized spacial score (nSPS) is 16.9. The van der Waals surface area contributed by atoms with Gasteiger partial charge in [-0.3, -0.25) is 4.79 Å². The van der Waals surface area contributed by atoms with E-state index in [9.17, 15) is 4.79 Å². The molecule has 0 aliphatic heterocycles. The average molecular weight is 146 g/mol. The zero-order valence-electron chi connectivity index (χ0n) is 6.35. The molecule has 0 aliphatic carbocycles. The van der Waals surface area contributed by atoms with Crippen molar-refractivity contribution in [3.05, 3.63) is 0 Å². The van der Waals surface area contributed by atoms with Crippen LogP contribution in [0.25, 0.3) is 0 Å². The van der Waals surface area contributed by atoms with E-state index < -0.39 is 0 Å². The maximum absolute atomic E-state index is 11.1. The molecule has 0 aromatic heterocycles. The van der Waals surface area contributed by atoms with E-state index in [4.69, 9.17) is 0 Å². The van der Waals surface area contributed by atoms with Crippen LogP contribution in [0.5, 0.6) is 0 Å². The lowest BCUT2D eigenvalue weighted by atomic mass is 10.0. The number of hydrogen-bond acceptors (Lipinski definition) is 1. The number of hydrogen-bond donors (Lipinski definition) is 0. The third-order valence-electron chi connectivity index (χ3n) is 1.55. The van der Waals surface area contributed by atoms with E-state index in [1.807, 2.05) is 20.8 Å². The number of Topliss-reactive ketones (excluding diaryl/α,β-unsaturated/α-hetero) is 1. The van der Waals surface area contributed by atoms with Gasteiger partial charge in [0.1, 0.15) is 5.78 Å². The molecule has 0 spiro atoms. The van der Waals surface area contributed by atoms with Gasteiger partial charge in [-0.15, -0.1) is 9.24 Å². The number of carbonyl (C=O) groups is 1. The predicted octanol–water partition coefficient (Wildman–Crippen LogP) is 1.87. The van der Waals surface area contributed by atoms with Gasteiger partial charge in [-0.25, -0.2) is 0 Å². The van der Waals surface area contributed by atoms with Gasteiger partial charge in [-0.1, -0.05) is 20.8 Å². The number of rotatable bonds is 3. The third-order valence-corrected chi connectivity index (χ3v) is 1.88. The van der Waals surface area contributed by atoms with E-state index in [1.54, 1.807) is 0 Å². The average Bonchev–Trinajstić information content (AvgIpc) is 1.84. The van der Waals surface area contributed by atoms with Crippen LogP contribution in [-0.4, -0.2) is 11.4 Å². The molecule has 3 unspecified atom stereocenters. The van der Waals surface area contributed by atoms with Gasteiger partial charge >= 0.3 is 0 Å². The Morgan fingerprint density at radius 2 is 2.00 bits per heavy atom. The van der Waals surface area contributed by atoms with Crippen molar-refractivity contribution in [1.29, 1.82) is 0 Å². The van der Waals surface area contributed by atoms with Crippen molar-refractivity contribution in [2.45, 2.75) is 32.9 Å². The molecule has 0 heterocycles. The zero-order valence-corrected chi connectivity index (χ0v) is 7.50. The molecule has 0 radical (unpaired) electrons. The van der Waals surface area contributed by atoms with Crippen LogP contribution in [0.4, 0.5) is 0 Å². The predicted molar refractivity (Wildman–Crippen MR) is 43.6 cm³/mol. The lowest BCUT2D eigenvalue weighted by molar-refractivity contribution is -0.121. The summed E-state index contributed by atoms with van der Waals surface area (Å²) in [4.78, 5) is 11.1. The highest BCUT2D eigenvalue weighted by molar-refractivity contribution is 7.19. The Morgan fingerprint density at radius 3 is 2.11 bits per heavy atom. The van der Waals surface area contributed by atoms with E-state index in [0.29, 0.717) is 5.78 Å². The Kier molecular flexibility index (Phi) is 4.05. The first-order valence-corrected chi connectivity index (χ1v) is 4.05. The molecule has 0 N–H and O–H groups in total. The Hall–Kier alpha value is 0.100. The lowest BCUT2D eigenvalue weighted by Gasteiger charge is -2.08. The Bertz CT molecular complexity index is 99.1. The summed E-state index contributed by atoms with van der Waals surface area (Å²) in [5.41, 5.74) is 0.125. The van der Waals surface area contributed by atoms with Gasteiger partial charge in [0.25, 0.3) is 0 Å². The van der Waals surface area contributed by atoms with Gasteiger partial charge in [0.05, 0.1) is 0 Å². The van der Waals surface area contributed by atoms with Gasteiger partial charge in [0.2, 0.25) is 0 Å².